The van der Waals surface area contributed by atoms with Crippen molar-refractivity contribution in [1.82, 2.24) is 10.2 Å². The first kappa shape index (κ1) is 16.6. The van der Waals surface area contributed by atoms with E-state index >= 15 is 0 Å². The van der Waals surface area contributed by atoms with Gasteiger partial charge in [-0.3, -0.25) is 9.59 Å². The minimum atomic E-state index is -0.293. The Kier molecular flexibility index (Phi) is 5.09. The topological polar surface area (TPSA) is 52.7 Å². The van der Waals surface area contributed by atoms with E-state index in [2.05, 4.69) is 5.32 Å². The maximum atomic E-state index is 12.7. The van der Waals surface area contributed by atoms with Crippen molar-refractivity contribution in [3.05, 3.63) is 28.2 Å². The lowest BCUT2D eigenvalue weighted by molar-refractivity contribution is -0.135. The maximum Gasteiger partial charge on any atom is 0.228 e. The summed E-state index contributed by atoms with van der Waals surface area (Å²) >= 11 is 12.0. The van der Waals surface area contributed by atoms with E-state index in [1.54, 1.807) is 23.1 Å². The minimum Gasteiger partial charge on any atom is -0.341 e. The summed E-state index contributed by atoms with van der Waals surface area (Å²) in [7, 11) is 0. The van der Waals surface area contributed by atoms with Crippen LogP contribution in [0.25, 0.3) is 0 Å². The number of rotatable bonds is 2. The van der Waals surface area contributed by atoms with E-state index in [0.717, 1.165) is 26.1 Å². The molecule has 1 N–H and O–H groups in total. The Labute approximate surface area is 145 Å². The third-order valence-electron chi connectivity index (χ3n) is 4.29. The highest BCUT2D eigenvalue weighted by Crippen LogP contribution is 2.31. The number of nitrogens with one attached hydrogen (secondary N) is 1. The lowest BCUT2D eigenvalue weighted by atomic mass is 10.1. The van der Waals surface area contributed by atoms with Gasteiger partial charge < -0.3 is 15.1 Å². The van der Waals surface area contributed by atoms with Crippen molar-refractivity contribution in [3.8, 4) is 0 Å². The largest absolute Gasteiger partial charge is 0.341 e. The average molecular weight is 356 g/mol. The second-order valence-electron chi connectivity index (χ2n) is 5.96. The van der Waals surface area contributed by atoms with Crippen LogP contribution in [0.4, 0.5) is 5.69 Å². The number of halogens is 2. The fraction of sp³-hybridized carbons (Fsp3) is 0.500. The van der Waals surface area contributed by atoms with Crippen LogP contribution in [0.15, 0.2) is 18.2 Å². The molecule has 0 bridgehead atoms. The van der Waals surface area contributed by atoms with Crippen molar-refractivity contribution in [3.63, 3.8) is 0 Å². The zero-order valence-corrected chi connectivity index (χ0v) is 14.2. The van der Waals surface area contributed by atoms with E-state index in [9.17, 15) is 9.59 Å². The highest BCUT2D eigenvalue weighted by atomic mass is 35.5. The molecule has 0 aromatic heterocycles. The average Bonchev–Trinajstić information content (AvgIpc) is 2.72. The van der Waals surface area contributed by atoms with Crippen molar-refractivity contribution in [2.45, 2.75) is 12.8 Å². The molecule has 2 aliphatic rings. The number of benzene rings is 1. The zero-order chi connectivity index (χ0) is 16.4. The molecular formula is C16H19Cl2N3O2. The molecule has 1 unspecified atom stereocenters. The van der Waals surface area contributed by atoms with Crippen molar-refractivity contribution in [2.24, 2.45) is 5.92 Å². The molecule has 1 atom stereocenters. The molecule has 2 heterocycles. The Morgan fingerprint density at radius 2 is 1.87 bits per heavy atom. The monoisotopic (exact) mass is 355 g/mol. The highest BCUT2D eigenvalue weighted by molar-refractivity contribution is 6.35. The summed E-state index contributed by atoms with van der Waals surface area (Å²) in [6.07, 6.45) is 1.19. The van der Waals surface area contributed by atoms with E-state index in [1.807, 2.05) is 4.90 Å². The van der Waals surface area contributed by atoms with Crippen LogP contribution in [0, 0.1) is 5.92 Å². The third kappa shape index (κ3) is 3.79. The number of hydrogen-bond donors (Lipinski definition) is 1. The number of anilines is 1. The second-order valence-corrected chi connectivity index (χ2v) is 6.83. The fourth-order valence-electron chi connectivity index (χ4n) is 3.14. The van der Waals surface area contributed by atoms with Crippen molar-refractivity contribution < 1.29 is 9.59 Å². The molecule has 2 saturated heterocycles. The van der Waals surface area contributed by atoms with Crippen LogP contribution in [0.1, 0.15) is 12.8 Å². The number of amides is 2. The van der Waals surface area contributed by atoms with Crippen LogP contribution in [0.3, 0.4) is 0 Å². The standard InChI is InChI=1S/C16H19Cl2N3O2/c17-12-7-13(18)9-14(8-12)21-10-11(6-15(21)22)16(23)20-4-1-2-19-3-5-20/h7-9,11,19H,1-6,10H2. The predicted octanol–water partition coefficient (Wildman–Crippen LogP) is 2.17. The van der Waals surface area contributed by atoms with Gasteiger partial charge in [-0.2, -0.15) is 0 Å². The first-order chi connectivity index (χ1) is 11.0. The molecule has 124 valence electrons. The third-order valence-corrected chi connectivity index (χ3v) is 4.72. The van der Waals surface area contributed by atoms with Gasteiger partial charge in [-0.25, -0.2) is 0 Å². The van der Waals surface area contributed by atoms with Crippen molar-refractivity contribution in [1.29, 1.82) is 0 Å². The van der Waals surface area contributed by atoms with Crippen LogP contribution in [-0.4, -0.2) is 49.4 Å². The van der Waals surface area contributed by atoms with Gasteiger partial charge in [0.2, 0.25) is 11.8 Å². The lowest BCUT2D eigenvalue weighted by Gasteiger charge is -2.23. The van der Waals surface area contributed by atoms with Gasteiger partial charge in [0.1, 0.15) is 0 Å². The van der Waals surface area contributed by atoms with Crippen LogP contribution >= 0.6 is 23.2 Å². The molecule has 2 aliphatic heterocycles. The molecular weight excluding hydrogens is 337 g/mol. The fourth-order valence-corrected chi connectivity index (χ4v) is 3.66. The van der Waals surface area contributed by atoms with Gasteiger partial charge in [0.05, 0.1) is 5.92 Å². The summed E-state index contributed by atoms with van der Waals surface area (Å²) in [5.74, 6) is -0.286. The van der Waals surface area contributed by atoms with E-state index in [1.165, 1.54) is 0 Å². The molecule has 0 saturated carbocycles. The van der Waals surface area contributed by atoms with E-state index in [0.29, 0.717) is 28.8 Å². The summed E-state index contributed by atoms with van der Waals surface area (Å²) < 4.78 is 0. The second kappa shape index (κ2) is 7.07. The van der Waals surface area contributed by atoms with Gasteiger partial charge in [0.25, 0.3) is 0 Å². The number of carbonyl (C=O) groups is 2. The van der Waals surface area contributed by atoms with Crippen LogP contribution in [-0.2, 0) is 9.59 Å². The molecule has 3 rings (SSSR count). The lowest BCUT2D eigenvalue weighted by Crippen LogP contribution is -2.39. The molecule has 1 aromatic rings. The van der Waals surface area contributed by atoms with E-state index in [-0.39, 0.29) is 24.2 Å². The van der Waals surface area contributed by atoms with E-state index in [4.69, 9.17) is 23.2 Å². The molecule has 1 aromatic carbocycles. The van der Waals surface area contributed by atoms with Gasteiger partial charge in [0.15, 0.2) is 0 Å². The van der Waals surface area contributed by atoms with Crippen LogP contribution < -0.4 is 10.2 Å². The summed E-state index contributed by atoms with van der Waals surface area (Å²) in [6.45, 7) is 3.57. The van der Waals surface area contributed by atoms with Crippen molar-refractivity contribution >= 4 is 40.7 Å². The summed E-state index contributed by atoms with van der Waals surface area (Å²) in [4.78, 5) is 28.5. The van der Waals surface area contributed by atoms with E-state index < -0.39 is 0 Å². The van der Waals surface area contributed by atoms with Gasteiger partial charge in [-0.05, 0) is 31.2 Å². The molecule has 7 heteroatoms. The van der Waals surface area contributed by atoms with Crippen LogP contribution in [0.5, 0.6) is 0 Å². The summed E-state index contributed by atoms with van der Waals surface area (Å²) in [6, 6.07) is 5.03. The van der Waals surface area contributed by atoms with Crippen molar-refractivity contribution in [2.75, 3.05) is 37.6 Å². The number of carbonyl (C=O) groups excluding carboxylic acids is 2. The molecule has 0 spiro atoms. The highest BCUT2D eigenvalue weighted by Gasteiger charge is 2.37. The molecule has 5 nitrogen and oxygen atoms in total. The Balaban J connectivity index is 1.72. The normalized spacial score (nSPS) is 22.3. The van der Waals surface area contributed by atoms with Gasteiger partial charge in [0, 0.05) is 48.3 Å². The SMILES string of the molecule is O=C(C1CC(=O)N(c2cc(Cl)cc(Cl)c2)C1)N1CCCNCC1. The Hall–Kier alpha value is -1.30. The quantitative estimate of drug-likeness (QED) is 0.884. The number of hydrogen-bond acceptors (Lipinski definition) is 3. The Morgan fingerprint density at radius 1 is 1.13 bits per heavy atom. The summed E-state index contributed by atoms with van der Waals surface area (Å²) in [5.41, 5.74) is 0.653. The summed E-state index contributed by atoms with van der Waals surface area (Å²) in [5, 5.41) is 4.24. The van der Waals surface area contributed by atoms with Crippen LogP contribution in [0.2, 0.25) is 10.0 Å². The molecule has 0 aliphatic carbocycles. The Morgan fingerprint density at radius 3 is 2.61 bits per heavy atom. The van der Waals surface area contributed by atoms with Gasteiger partial charge in [-0.15, -0.1) is 0 Å². The smallest absolute Gasteiger partial charge is 0.228 e. The molecule has 2 fully saturated rings. The maximum absolute atomic E-state index is 12.7. The first-order valence-corrected chi connectivity index (χ1v) is 8.56. The predicted molar refractivity (Wildman–Crippen MR) is 91.0 cm³/mol. The molecule has 2 amide bonds. The molecule has 23 heavy (non-hydrogen) atoms. The van der Waals surface area contributed by atoms with Gasteiger partial charge in [-0.1, -0.05) is 23.2 Å². The number of nitrogens with zero attached hydrogens (tertiary/aromatic N) is 2. The van der Waals surface area contributed by atoms with Gasteiger partial charge >= 0.3 is 0 Å². The minimum absolute atomic E-state index is 0.0605. The zero-order valence-electron chi connectivity index (χ0n) is 12.7. The molecule has 0 radical (unpaired) electrons. The Bertz CT molecular complexity index is 595. The first-order valence-electron chi connectivity index (χ1n) is 7.80.